The fourth-order valence-electron chi connectivity index (χ4n) is 1.27. The van der Waals surface area contributed by atoms with Crippen LogP contribution in [-0.4, -0.2) is 15.2 Å². The van der Waals surface area contributed by atoms with E-state index in [1.807, 2.05) is 18.3 Å². The molecule has 0 aliphatic heterocycles. The number of pyridine rings is 1. The maximum atomic E-state index is 5.03. The van der Waals surface area contributed by atoms with Gasteiger partial charge in [-0.2, -0.15) is 0 Å². The van der Waals surface area contributed by atoms with Gasteiger partial charge >= 0.3 is 0 Å². The van der Waals surface area contributed by atoms with Gasteiger partial charge in [0.05, 0.1) is 0 Å². The average molecular weight is 189 g/mol. The molecular weight excluding hydrogens is 178 g/mol. The topological polar surface area (TPSA) is 51.8 Å². The van der Waals surface area contributed by atoms with Crippen LogP contribution < -0.4 is 0 Å². The molecule has 0 saturated carbocycles. The molecule has 2 heterocycles. The van der Waals surface area contributed by atoms with Gasteiger partial charge in [0, 0.05) is 6.20 Å². The van der Waals surface area contributed by atoms with E-state index < -0.39 is 0 Å². The number of nitrogens with zero attached hydrogens (tertiary/aromatic N) is 3. The van der Waals surface area contributed by atoms with E-state index in [0.29, 0.717) is 5.89 Å². The molecule has 4 heteroatoms. The summed E-state index contributed by atoms with van der Waals surface area (Å²) in [6.07, 6.45) is 5.33. The molecule has 0 unspecified atom stereocenters. The molecular formula is C10H11N3O. The first-order valence-corrected chi connectivity index (χ1v) is 4.61. The summed E-state index contributed by atoms with van der Waals surface area (Å²) in [5.41, 5.74) is 1.96. The molecule has 4 nitrogen and oxygen atoms in total. The lowest BCUT2D eigenvalue weighted by Gasteiger charge is -1.97. The van der Waals surface area contributed by atoms with Gasteiger partial charge in [0.2, 0.25) is 6.39 Å². The molecule has 0 atom stereocenters. The van der Waals surface area contributed by atoms with E-state index in [-0.39, 0.29) is 0 Å². The predicted octanol–water partition coefficient (Wildman–Crippen LogP) is 2.08. The SMILES string of the molecule is CCCc1ccc(-c2nnco2)nc1. The second-order valence-corrected chi connectivity index (χ2v) is 3.05. The van der Waals surface area contributed by atoms with Crippen LogP contribution in [0.3, 0.4) is 0 Å². The van der Waals surface area contributed by atoms with Crippen LogP contribution in [0.5, 0.6) is 0 Å². The van der Waals surface area contributed by atoms with Gasteiger partial charge in [0.15, 0.2) is 0 Å². The third-order valence-electron chi connectivity index (χ3n) is 1.94. The molecule has 0 amide bonds. The molecule has 72 valence electrons. The van der Waals surface area contributed by atoms with E-state index in [1.165, 1.54) is 12.0 Å². The van der Waals surface area contributed by atoms with Gasteiger partial charge in [-0.05, 0) is 18.1 Å². The number of aryl methyl sites for hydroxylation is 1. The zero-order valence-electron chi connectivity index (χ0n) is 7.97. The van der Waals surface area contributed by atoms with Crippen molar-refractivity contribution in [2.75, 3.05) is 0 Å². The Morgan fingerprint density at radius 1 is 1.36 bits per heavy atom. The van der Waals surface area contributed by atoms with Crippen molar-refractivity contribution < 1.29 is 4.42 Å². The van der Waals surface area contributed by atoms with E-state index in [4.69, 9.17) is 4.42 Å². The summed E-state index contributed by atoms with van der Waals surface area (Å²) < 4.78 is 5.03. The van der Waals surface area contributed by atoms with Crippen LogP contribution in [0.4, 0.5) is 0 Å². The smallest absolute Gasteiger partial charge is 0.266 e. The van der Waals surface area contributed by atoms with Gasteiger partial charge in [-0.15, -0.1) is 10.2 Å². The fourth-order valence-corrected chi connectivity index (χ4v) is 1.27. The zero-order valence-corrected chi connectivity index (χ0v) is 7.97. The van der Waals surface area contributed by atoms with Crippen molar-refractivity contribution in [2.24, 2.45) is 0 Å². The Hall–Kier alpha value is -1.71. The molecule has 0 N–H and O–H groups in total. The molecule has 0 aliphatic carbocycles. The van der Waals surface area contributed by atoms with Crippen LogP contribution in [-0.2, 0) is 6.42 Å². The molecule has 0 aliphatic rings. The number of hydrogen-bond acceptors (Lipinski definition) is 4. The van der Waals surface area contributed by atoms with E-state index in [1.54, 1.807) is 0 Å². The molecule has 0 spiro atoms. The Kier molecular flexibility index (Phi) is 2.53. The van der Waals surface area contributed by atoms with Crippen molar-refractivity contribution in [3.63, 3.8) is 0 Å². The Labute approximate surface area is 82.0 Å². The van der Waals surface area contributed by atoms with Crippen molar-refractivity contribution in [1.82, 2.24) is 15.2 Å². The zero-order chi connectivity index (χ0) is 9.80. The second-order valence-electron chi connectivity index (χ2n) is 3.05. The third-order valence-corrected chi connectivity index (χ3v) is 1.94. The summed E-state index contributed by atoms with van der Waals surface area (Å²) in [4.78, 5) is 4.24. The Morgan fingerprint density at radius 2 is 2.29 bits per heavy atom. The van der Waals surface area contributed by atoms with Crippen LogP contribution in [0.2, 0.25) is 0 Å². The van der Waals surface area contributed by atoms with Gasteiger partial charge in [0.1, 0.15) is 5.69 Å². The Bertz CT molecular complexity index is 380. The van der Waals surface area contributed by atoms with Crippen molar-refractivity contribution in [3.8, 4) is 11.6 Å². The van der Waals surface area contributed by atoms with Gasteiger partial charge in [-0.3, -0.25) is 4.98 Å². The fraction of sp³-hybridized carbons (Fsp3) is 0.300. The normalized spacial score (nSPS) is 10.4. The van der Waals surface area contributed by atoms with Crippen molar-refractivity contribution in [3.05, 3.63) is 30.3 Å². The number of aromatic nitrogens is 3. The summed E-state index contributed by atoms with van der Waals surface area (Å²) in [6, 6.07) is 3.94. The molecule has 0 fully saturated rings. The van der Waals surface area contributed by atoms with Gasteiger partial charge in [-0.1, -0.05) is 19.4 Å². The van der Waals surface area contributed by atoms with E-state index in [9.17, 15) is 0 Å². The van der Waals surface area contributed by atoms with E-state index in [0.717, 1.165) is 18.5 Å². The van der Waals surface area contributed by atoms with E-state index >= 15 is 0 Å². The first-order valence-electron chi connectivity index (χ1n) is 4.61. The highest BCUT2D eigenvalue weighted by molar-refractivity contribution is 5.45. The van der Waals surface area contributed by atoms with Crippen LogP contribution in [0, 0.1) is 0 Å². The predicted molar refractivity (Wildman–Crippen MR) is 51.5 cm³/mol. The molecule has 0 saturated heterocycles. The molecule has 0 radical (unpaired) electrons. The van der Waals surface area contributed by atoms with Crippen LogP contribution in [0.25, 0.3) is 11.6 Å². The quantitative estimate of drug-likeness (QED) is 0.741. The summed E-state index contributed by atoms with van der Waals surface area (Å²) in [5, 5.41) is 7.38. The molecule has 2 rings (SSSR count). The third kappa shape index (κ3) is 1.79. The van der Waals surface area contributed by atoms with Crippen molar-refractivity contribution in [1.29, 1.82) is 0 Å². The monoisotopic (exact) mass is 189 g/mol. The van der Waals surface area contributed by atoms with Gasteiger partial charge in [-0.25, -0.2) is 0 Å². The average Bonchev–Trinajstić information content (AvgIpc) is 2.72. The van der Waals surface area contributed by atoms with Gasteiger partial charge < -0.3 is 4.42 Å². The maximum Gasteiger partial charge on any atom is 0.266 e. The second kappa shape index (κ2) is 4.00. The highest BCUT2D eigenvalue weighted by Gasteiger charge is 2.03. The molecule has 0 aromatic carbocycles. The maximum absolute atomic E-state index is 5.03. The first-order chi connectivity index (χ1) is 6.90. The standard InChI is InChI=1S/C10H11N3O/c1-2-3-8-4-5-9(11-6-8)10-13-12-7-14-10/h4-7H,2-3H2,1H3. The molecule has 0 bridgehead atoms. The Balaban J connectivity index is 2.22. The van der Waals surface area contributed by atoms with Crippen LogP contribution in [0.15, 0.2) is 29.1 Å². The van der Waals surface area contributed by atoms with Crippen LogP contribution in [0.1, 0.15) is 18.9 Å². The summed E-state index contributed by atoms with van der Waals surface area (Å²) in [6.45, 7) is 2.14. The number of hydrogen-bond donors (Lipinski definition) is 0. The molecule has 2 aromatic heterocycles. The van der Waals surface area contributed by atoms with E-state index in [2.05, 4.69) is 22.1 Å². The highest BCUT2D eigenvalue weighted by atomic mass is 16.4. The summed E-state index contributed by atoms with van der Waals surface area (Å²) >= 11 is 0. The Morgan fingerprint density at radius 3 is 2.86 bits per heavy atom. The lowest BCUT2D eigenvalue weighted by molar-refractivity contribution is 0.566. The lowest BCUT2D eigenvalue weighted by atomic mass is 10.1. The minimum atomic E-state index is 0.466. The largest absolute Gasteiger partial charge is 0.422 e. The van der Waals surface area contributed by atoms with Gasteiger partial charge in [0.25, 0.3) is 5.89 Å². The van der Waals surface area contributed by atoms with Crippen molar-refractivity contribution in [2.45, 2.75) is 19.8 Å². The summed E-state index contributed by atoms with van der Waals surface area (Å²) in [7, 11) is 0. The van der Waals surface area contributed by atoms with Crippen molar-refractivity contribution >= 4 is 0 Å². The first kappa shape index (κ1) is 8.87. The molecule has 2 aromatic rings. The number of rotatable bonds is 3. The lowest BCUT2D eigenvalue weighted by Crippen LogP contribution is -1.88. The summed E-state index contributed by atoms with van der Waals surface area (Å²) in [5.74, 6) is 0.466. The minimum absolute atomic E-state index is 0.466. The minimum Gasteiger partial charge on any atom is -0.422 e. The molecule has 14 heavy (non-hydrogen) atoms. The highest BCUT2D eigenvalue weighted by Crippen LogP contribution is 2.13. The van der Waals surface area contributed by atoms with Crippen LogP contribution >= 0.6 is 0 Å².